The Kier molecular flexibility index (Phi) is 1.26. The van der Waals surface area contributed by atoms with Crippen molar-refractivity contribution in [1.82, 2.24) is 5.43 Å². The maximum Gasteiger partial charge on any atom is 0.271 e. The summed E-state index contributed by atoms with van der Waals surface area (Å²) < 4.78 is 0. The molecular weight excluding hydrogens is 160 g/mol. The Balaban J connectivity index is 2.49. The van der Waals surface area contributed by atoms with E-state index < -0.39 is 4.92 Å². The zero-order valence-corrected chi connectivity index (χ0v) is 5.84. The van der Waals surface area contributed by atoms with Crippen LogP contribution >= 0.6 is 0 Å². The third-order valence-corrected chi connectivity index (χ3v) is 1.47. The molecular formula is C6H3N4O2. The SMILES string of the molecule is O=[N+]([O-])c1ccc2c(c1)[N]N=N2. The van der Waals surface area contributed by atoms with Gasteiger partial charge in [-0.25, -0.2) is 0 Å². The second kappa shape index (κ2) is 2.26. The summed E-state index contributed by atoms with van der Waals surface area (Å²) in [5, 5.41) is 17.3. The van der Waals surface area contributed by atoms with Crippen LogP contribution in [0.2, 0.25) is 0 Å². The molecule has 0 bridgehead atoms. The van der Waals surface area contributed by atoms with Crippen LogP contribution in [0.1, 0.15) is 0 Å². The van der Waals surface area contributed by atoms with Crippen molar-refractivity contribution in [3.05, 3.63) is 28.3 Å². The van der Waals surface area contributed by atoms with Gasteiger partial charge >= 0.3 is 0 Å². The molecule has 1 aliphatic rings. The second-order valence-electron chi connectivity index (χ2n) is 2.22. The average molecular weight is 163 g/mol. The molecule has 1 heterocycles. The van der Waals surface area contributed by atoms with E-state index in [-0.39, 0.29) is 5.69 Å². The molecule has 2 rings (SSSR count). The number of hydrogen-bond acceptors (Lipinski definition) is 4. The summed E-state index contributed by atoms with van der Waals surface area (Å²) in [5.41, 5.74) is 4.62. The normalized spacial score (nSPS) is 12.3. The molecule has 0 atom stereocenters. The van der Waals surface area contributed by atoms with E-state index in [4.69, 9.17) is 0 Å². The molecule has 1 aromatic carbocycles. The van der Waals surface area contributed by atoms with E-state index in [0.717, 1.165) is 0 Å². The van der Waals surface area contributed by atoms with E-state index in [2.05, 4.69) is 15.8 Å². The first-order valence-corrected chi connectivity index (χ1v) is 3.17. The fourth-order valence-corrected chi connectivity index (χ4v) is 0.909. The van der Waals surface area contributed by atoms with E-state index in [0.29, 0.717) is 11.4 Å². The summed E-state index contributed by atoms with van der Waals surface area (Å²) in [4.78, 5) is 9.83. The van der Waals surface area contributed by atoms with Crippen molar-refractivity contribution >= 4 is 17.1 Å². The average Bonchev–Trinajstić information content (AvgIpc) is 2.49. The summed E-state index contributed by atoms with van der Waals surface area (Å²) in [5.74, 6) is 0. The minimum absolute atomic E-state index is 0.00444. The highest BCUT2D eigenvalue weighted by Gasteiger charge is 2.14. The topological polar surface area (TPSA) is 82.0 Å². The third kappa shape index (κ3) is 0.895. The van der Waals surface area contributed by atoms with Crippen molar-refractivity contribution < 1.29 is 4.92 Å². The monoisotopic (exact) mass is 163 g/mol. The van der Waals surface area contributed by atoms with Crippen molar-refractivity contribution in [1.29, 1.82) is 0 Å². The van der Waals surface area contributed by atoms with E-state index >= 15 is 0 Å². The van der Waals surface area contributed by atoms with Crippen LogP contribution in [0, 0.1) is 10.1 Å². The number of fused-ring (bicyclic) bond motifs is 1. The number of nitro groups is 1. The van der Waals surface area contributed by atoms with Crippen molar-refractivity contribution in [2.75, 3.05) is 0 Å². The molecule has 0 unspecified atom stereocenters. The van der Waals surface area contributed by atoms with E-state index in [1.807, 2.05) is 0 Å². The first kappa shape index (κ1) is 6.71. The Labute approximate surface area is 67.0 Å². The van der Waals surface area contributed by atoms with Crippen LogP contribution in [-0.4, -0.2) is 4.92 Å². The minimum atomic E-state index is -0.478. The molecule has 0 aromatic heterocycles. The number of benzene rings is 1. The van der Waals surface area contributed by atoms with Gasteiger partial charge in [0.1, 0.15) is 11.4 Å². The lowest BCUT2D eigenvalue weighted by molar-refractivity contribution is -0.384. The highest BCUT2D eigenvalue weighted by atomic mass is 16.6. The highest BCUT2D eigenvalue weighted by molar-refractivity contribution is 5.65. The summed E-state index contributed by atoms with van der Waals surface area (Å²) in [7, 11) is 0. The number of hydrogen-bond donors (Lipinski definition) is 0. The molecule has 1 aliphatic heterocycles. The Morgan fingerprint density at radius 2 is 2.17 bits per heavy atom. The van der Waals surface area contributed by atoms with Gasteiger partial charge in [0.25, 0.3) is 5.69 Å². The molecule has 59 valence electrons. The van der Waals surface area contributed by atoms with Crippen molar-refractivity contribution in [2.24, 2.45) is 10.3 Å². The maximum atomic E-state index is 10.3. The van der Waals surface area contributed by atoms with Crippen LogP contribution in [0.15, 0.2) is 28.5 Å². The van der Waals surface area contributed by atoms with Gasteiger partial charge in [0.15, 0.2) is 0 Å². The second-order valence-corrected chi connectivity index (χ2v) is 2.22. The molecule has 0 aliphatic carbocycles. The first-order chi connectivity index (χ1) is 5.77. The molecule has 0 N–H and O–H groups in total. The smallest absolute Gasteiger partial charge is 0.258 e. The first-order valence-electron chi connectivity index (χ1n) is 3.17. The van der Waals surface area contributed by atoms with E-state index in [1.165, 1.54) is 18.2 Å². The summed E-state index contributed by atoms with van der Waals surface area (Å²) in [6, 6.07) is 4.24. The lowest BCUT2D eigenvalue weighted by Crippen LogP contribution is -1.88. The lowest BCUT2D eigenvalue weighted by Gasteiger charge is -1.92. The summed E-state index contributed by atoms with van der Waals surface area (Å²) in [6.45, 7) is 0. The molecule has 0 saturated carbocycles. The molecule has 12 heavy (non-hydrogen) atoms. The Bertz CT molecular complexity index is 374. The highest BCUT2D eigenvalue weighted by Crippen LogP contribution is 2.33. The zero-order chi connectivity index (χ0) is 8.55. The van der Waals surface area contributed by atoms with Gasteiger partial charge in [0, 0.05) is 12.1 Å². The summed E-state index contributed by atoms with van der Waals surface area (Å²) in [6.07, 6.45) is 0. The molecule has 0 spiro atoms. The van der Waals surface area contributed by atoms with Crippen molar-refractivity contribution in [3.63, 3.8) is 0 Å². The Morgan fingerprint density at radius 3 is 2.92 bits per heavy atom. The van der Waals surface area contributed by atoms with Gasteiger partial charge < -0.3 is 0 Å². The molecule has 0 fully saturated rings. The molecule has 0 amide bonds. The van der Waals surface area contributed by atoms with Crippen molar-refractivity contribution in [3.8, 4) is 0 Å². The van der Waals surface area contributed by atoms with Crippen molar-refractivity contribution in [2.45, 2.75) is 0 Å². The van der Waals surface area contributed by atoms with Gasteiger partial charge in [0.05, 0.1) is 4.92 Å². The van der Waals surface area contributed by atoms with Gasteiger partial charge in [-0.05, 0) is 11.3 Å². The number of non-ortho nitro benzene ring substituents is 1. The van der Waals surface area contributed by atoms with Gasteiger partial charge in [-0.3, -0.25) is 10.1 Å². The minimum Gasteiger partial charge on any atom is -0.258 e. The Hall–Kier alpha value is -1.98. The zero-order valence-electron chi connectivity index (χ0n) is 5.84. The van der Waals surface area contributed by atoms with Crippen LogP contribution in [-0.2, 0) is 0 Å². The molecule has 1 aromatic rings. The Morgan fingerprint density at radius 1 is 1.33 bits per heavy atom. The van der Waals surface area contributed by atoms with E-state index in [1.54, 1.807) is 0 Å². The maximum absolute atomic E-state index is 10.3. The van der Waals surface area contributed by atoms with Gasteiger partial charge in [-0.2, -0.15) is 0 Å². The fourth-order valence-electron chi connectivity index (χ4n) is 0.909. The molecule has 0 saturated heterocycles. The van der Waals surface area contributed by atoms with Gasteiger partial charge in [-0.15, -0.1) is 10.5 Å². The standard InChI is InChI=1S/C6H3N4O2/c11-10(12)4-1-2-5-6(3-4)8-9-7-5/h1-3H. The predicted octanol–water partition coefficient (Wildman–Crippen LogP) is 1.84. The van der Waals surface area contributed by atoms with Gasteiger partial charge in [0.2, 0.25) is 0 Å². The van der Waals surface area contributed by atoms with E-state index in [9.17, 15) is 10.1 Å². The third-order valence-electron chi connectivity index (χ3n) is 1.47. The number of nitrogens with zero attached hydrogens (tertiary/aromatic N) is 4. The van der Waals surface area contributed by atoms with Crippen LogP contribution < -0.4 is 5.43 Å². The summed E-state index contributed by atoms with van der Waals surface area (Å²) >= 11 is 0. The van der Waals surface area contributed by atoms with Gasteiger partial charge in [-0.1, -0.05) is 0 Å². The quantitative estimate of drug-likeness (QED) is 0.467. The number of rotatable bonds is 1. The molecule has 1 radical (unpaired) electrons. The fraction of sp³-hybridized carbons (Fsp3) is 0. The predicted molar refractivity (Wildman–Crippen MR) is 39.4 cm³/mol. The van der Waals surface area contributed by atoms with Crippen LogP contribution in [0.5, 0.6) is 0 Å². The largest absolute Gasteiger partial charge is 0.271 e. The number of nitro benzene ring substituents is 1. The molecule has 6 heteroatoms. The van der Waals surface area contributed by atoms with Crippen LogP contribution in [0.25, 0.3) is 0 Å². The van der Waals surface area contributed by atoms with Crippen LogP contribution in [0.4, 0.5) is 17.1 Å². The van der Waals surface area contributed by atoms with Crippen LogP contribution in [0.3, 0.4) is 0 Å². The lowest BCUT2D eigenvalue weighted by atomic mass is 10.2. The molecule has 6 nitrogen and oxygen atoms in total.